The van der Waals surface area contributed by atoms with Crippen LogP contribution < -0.4 is 5.73 Å². The number of nitrogens with zero attached hydrogens (tertiary/aromatic N) is 2. The fourth-order valence-corrected chi connectivity index (χ4v) is 6.34. The van der Waals surface area contributed by atoms with Gasteiger partial charge in [0.05, 0.1) is 4.92 Å². The predicted molar refractivity (Wildman–Crippen MR) is 80.7 cm³/mol. The standard InChI is InChI=1S/C10H15N3O4S3/c1-6-7(2)18-4-3-12(6)20(16,17)9-5-8(13(14)15)10(11)19-9/h5-7H,3-4,11H2,1-2H3. The van der Waals surface area contributed by atoms with Crippen LogP contribution in [0.2, 0.25) is 0 Å². The number of thioether (sulfide) groups is 1. The van der Waals surface area contributed by atoms with Crippen molar-refractivity contribution >= 4 is 43.8 Å². The molecule has 0 spiro atoms. The molecule has 1 aromatic heterocycles. The molecule has 0 radical (unpaired) electrons. The van der Waals surface area contributed by atoms with Gasteiger partial charge in [-0.1, -0.05) is 18.3 Å². The lowest BCUT2D eigenvalue weighted by molar-refractivity contribution is -0.383. The number of nitro groups is 1. The Morgan fingerprint density at radius 1 is 1.50 bits per heavy atom. The summed E-state index contributed by atoms with van der Waals surface area (Å²) in [5.41, 5.74) is 5.17. The van der Waals surface area contributed by atoms with E-state index in [0.29, 0.717) is 12.3 Å². The third kappa shape index (κ3) is 2.65. The molecule has 0 bridgehead atoms. The fraction of sp³-hybridized carbons (Fsp3) is 0.600. The highest BCUT2D eigenvalue weighted by Crippen LogP contribution is 2.38. The highest BCUT2D eigenvalue weighted by molar-refractivity contribution is 8.00. The van der Waals surface area contributed by atoms with Crippen molar-refractivity contribution in [2.45, 2.75) is 29.3 Å². The summed E-state index contributed by atoms with van der Waals surface area (Å²) < 4.78 is 26.5. The van der Waals surface area contributed by atoms with Gasteiger partial charge >= 0.3 is 5.69 Å². The zero-order chi connectivity index (χ0) is 15.1. The molecule has 10 heteroatoms. The number of nitrogen functional groups attached to an aromatic ring is 1. The summed E-state index contributed by atoms with van der Waals surface area (Å²) in [6.45, 7) is 4.23. The first-order valence-electron chi connectivity index (χ1n) is 5.92. The van der Waals surface area contributed by atoms with E-state index in [4.69, 9.17) is 5.73 Å². The van der Waals surface area contributed by atoms with Gasteiger partial charge in [-0.05, 0) is 6.92 Å². The molecule has 1 fully saturated rings. The maximum atomic E-state index is 12.6. The molecule has 0 aliphatic carbocycles. The van der Waals surface area contributed by atoms with Crippen molar-refractivity contribution < 1.29 is 13.3 Å². The molecule has 0 amide bonds. The van der Waals surface area contributed by atoms with Crippen LogP contribution in [0.3, 0.4) is 0 Å². The smallest absolute Gasteiger partial charge is 0.304 e. The average molecular weight is 337 g/mol. The molecular formula is C10H15N3O4S3. The van der Waals surface area contributed by atoms with Crippen molar-refractivity contribution in [2.75, 3.05) is 18.0 Å². The Morgan fingerprint density at radius 3 is 2.70 bits per heavy atom. The van der Waals surface area contributed by atoms with Crippen molar-refractivity contribution in [3.8, 4) is 0 Å². The third-order valence-corrected chi connectivity index (χ3v) is 8.03. The Hall–Kier alpha value is -0.840. The Balaban J connectivity index is 2.40. The van der Waals surface area contributed by atoms with Gasteiger partial charge in [0.15, 0.2) is 5.00 Å². The van der Waals surface area contributed by atoms with E-state index in [1.54, 1.807) is 11.8 Å². The number of anilines is 1. The molecule has 112 valence electrons. The highest BCUT2D eigenvalue weighted by Gasteiger charge is 2.37. The van der Waals surface area contributed by atoms with E-state index in [1.165, 1.54) is 4.31 Å². The molecule has 2 unspecified atom stereocenters. The van der Waals surface area contributed by atoms with E-state index >= 15 is 0 Å². The van der Waals surface area contributed by atoms with Crippen molar-refractivity contribution in [3.63, 3.8) is 0 Å². The van der Waals surface area contributed by atoms with Gasteiger partial charge in [-0.25, -0.2) is 8.42 Å². The Labute approximate surface area is 125 Å². The van der Waals surface area contributed by atoms with Crippen LogP contribution in [0.4, 0.5) is 10.7 Å². The lowest BCUT2D eigenvalue weighted by atomic mass is 10.2. The molecule has 2 heterocycles. The highest BCUT2D eigenvalue weighted by atomic mass is 32.2. The van der Waals surface area contributed by atoms with Crippen LogP contribution >= 0.6 is 23.1 Å². The second kappa shape index (κ2) is 5.51. The third-order valence-electron chi connectivity index (χ3n) is 3.30. The van der Waals surface area contributed by atoms with Gasteiger partial charge < -0.3 is 5.73 Å². The number of hydrogen-bond acceptors (Lipinski definition) is 7. The van der Waals surface area contributed by atoms with E-state index in [9.17, 15) is 18.5 Å². The van der Waals surface area contributed by atoms with Crippen molar-refractivity contribution in [1.82, 2.24) is 4.31 Å². The van der Waals surface area contributed by atoms with Gasteiger partial charge in [-0.2, -0.15) is 16.1 Å². The van der Waals surface area contributed by atoms with Crippen molar-refractivity contribution in [3.05, 3.63) is 16.2 Å². The van der Waals surface area contributed by atoms with Gasteiger partial charge in [0.2, 0.25) is 0 Å². The van der Waals surface area contributed by atoms with E-state index in [2.05, 4.69) is 0 Å². The maximum Gasteiger partial charge on any atom is 0.304 e. The van der Waals surface area contributed by atoms with E-state index in [0.717, 1.165) is 17.4 Å². The topological polar surface area (TPSA) is 107 Å². The molecule has 0 aromatic carbocycles. The lowest BCUT2D eigenvalue weighted by Crippen LogP contribution is -2.47. The maximum absolute atomic E-state index is 12.6. The molecule has 1 aromatic rings. The molecule has 2 atom stereocenters. The summed E-state index contributed by atoms with van der Waals surface area (Å²) >= 11 is 2.47. The van der Waals surface area contributed by atoms with Gasteiger partial charge in [-0.15, -0.1) is 0 Å². The minimum Gasteiger partial charge on any atom is -0.385 e. The van der Waals surface area contributed by atoms with Gasteiger partial charge in [0.1, 0.15) is 4.21 Å². The number of hydrogen-bond donors (Lipinski definition) is 1. The number of thiophene rings is 1. The van der Waals surface area contributed by atoms with Gasteiger partial charge in [0.25, 0.3) is 10.0 Å². The Morgan fingerprint density at radius 2 is 2.15 bits per heavy atom. The lowest BCUT2D eigenvalue weighted by Gasteiger charge is -2.35. The summed E-state index contributed by atoms with van der Waals surface area (Å²) in [6, 6.07) is 0.898. The Kier molecular flexibility index (Phi) is 4.28. The molecule has 20 heavy (non-hydrogen) atoms. The van der Waals surface area contributed by atoms with Gasteiger partial charge in [-0.3, -0.25) is 10.1 Å². The largest absolute Gasteiger partial charge is 0.385 e. The second-order valence-corrected chi connectivity index (χ2v) is 9.19. The van der Waals surface area contributed by atoms with Crippen LogP contribution in [0.25, 0.3) is 0 Å². The predicted octanol–water partition coefficient (Wildman–Crippen LogP) is 1.75. The quantitative estimate of drug-likeness (QED) is 0.665. The first-order chi connectivity index (χ1) is 9.25. The van der Waals surface area contributed by atoms with Crippen molar-refractivity contribution in [2.24, 2.45) is 0 Å². The minimum absolute atomic E-state index is 0.0624. The zero-order valence-corrected chi connectivity index (χ0v) is 13.4. The Bertz CT molecular complexity index is 628. The molecule has 1 aliphatic heterocycles. The van der Waals surface area contributed by atoms with Gasteiger partial charge in [0, 0.05) is 29.7 Å². The zero-order valence-electron chi connectivity index (χ0n) is 11.0. The second-order valence-electron chi connectivity index (χ2n) is 4.50. The summed E-state index contributed by atoms with van der Waals surface area (Å²) in [7, 11) is -3.73. The number of nitrogens with two attached hydrogens (primary N) is 1. The van der Waals surface area contributed by atoms with E-state index < -0.39 is 14.9 Å². The number of sulfonamides is 1. The average Bonchev–Trinajstić information content (AvgIpc) is 2.75. The summed E-state index contributed by atoms with van der Waals surface area (Å²) in [6.07, 6.45) is 0. The molecule has 2 rings (SSSR count). The van der Waals surface area contributed by atoms with Crippen LogP contribution in [-0.4, -0.2) is 41.2 Å². The monoisotopic (exact) mass is 337 g/mol. The first-order valence-corrected chi connectivity index (χ1v) is 9.23. The first kappa shape index (κ1) is 15.5. The summed E-state index contributed by atoms with van der Waals surface area (Å²) in [5.74, 6) is 0.716. The summed E-state index contributed by atoms with van der Waals surface area (Å²) in [4.78, 5) is 10.1. The number of rotatable bonds is 3. The van der Waals surface area contributed by atoms with Crippen molar-refractivity contribution in [1.29, 1.82) is 0 Å². The molecule has 1 saturated heterocycles. The molecule has 1 aliphatic rings. The normalized spacial score (nSPS) is 24.7. The SMILES string of the molecule is CC1SCCN(S(=O)(=O)c2cc([N+](=O)[O-])c(N)s2)C1C. The summed E-state index contributed by atoms with van der Waals surface area (Å²) in [5, 5.41) is 10.9. The fourth-order valence-electron chi connectivity index (χ4n) is 2.00. The van der Waals surface area contributed by atoms with Crippen LogP contribution in [0, 0.1) is 10.1 Å². The van der Waals surface area contributed by atoms with Crippen LogP contribution in [0.5, 0.6) is 0 Å². The van der Waals surface area contributed by atoms with Crippen LogP contribution in [-0.2, 0) is 10.0 Å². The van der Waals surface area contributed by atoms with Crippen LogP contribution in [0.1, 0.15) is 13.8 Å². The molecule has 2 N–H and O–H groups in total. The van der Waals surface area contributed by atoms with E-state index in [1.807, 2.05) is 13.8 Å². The molecule has 0 saturated carbocycles. The minimum atomic E-state index is -3.73. The van der Waals surface area contributed by atoms with Crippen LogP contribution in [0.15, 0.2) is 10.3 Å². The van der Waals surface area contributed by atoms with E-state index in [-0.39, 0.29) is 26.2 Å². The molecular weight excluding hydrogens is 322 g/mol. The molecule has 7 nitrogen and oxygen atoms in total.